The maximum absolute atomic E-state index is 10.7. The number of aliphatic hydroxyl groups excluding tert-OH is 1. The van der Waals surface area contributed by atoms with E-state index in [0.717, 1.165) is 6.29 Å². The minimum atomic E-state index is -0.0128. The van der Waals surface area contributed by atoms with E-state index in [1.165, 1.54) is 7.11 Å². The topological polar surface area (TPSA) is 65.0 Å². The quantitative estimate of drug-likeness (QED) is 0.583. The average molecular weight is 319 g/mol. The van der Waals surface area contributed by atoms with Crippen molar-refractivity contribution < 1.29 is 24.1 Å². The maximum Gasteiger partial charge on any atom is 0.175 e. The molecule has 0 aliphatic carbocycles. The van der Waals surface area contributed by atoms with Crippen LogP contribution in [0.4, 0.5) is 0 Å². The Hall–Kier alpha value is -1.11. The van der Waals surface area contributed by atoms with E-state index in [-0.39, 0.29) is 13.2 Å². The average Bonchev–Trinajstić information content (AvgIpc) is 2.39. The van der Waals surface area contributed by atoms with E-state index in [0.29, 0.717) is 34.7 Å². The Bertz CT molecular complexity index is 394. The second kappa shape index (κ2) is 8.07. The molecule has 0 aromatic heterocycles. The molecule has 0 fully saturated rings. The van der Waals surface area contributed by atoms with Crippen LogP contribution in [0.25, 0.3) is 0 Å². The van der Waals surface area contributed by atoms with Gasteiger partial charge < -0.3 is 19.3 Å². The lowest BCUT2D eigenvalue weighted by Gasteiger charge is -2.13. The summed E-state index contributed by atoms with van der Waals surface area (Å²) in [5.74, 6) is 1.00. The zero-order valence-corrected chi connectivity index (χ0v) is 11.6. The van der Waals surface area contributed by atoms with E-state index in [9.17, 15) is 4.79 Å². The molecule has 0 saturated heterocycles. The third kappa shape index (κ3) is 4.29. The molecule has 0 aliphatic rings. The summed E-state index contributed by atoms with van der Waals surface area (Å²) in [6, 6.07) is 3.25. The number of halogens is 1. The Kier molecular flexibility index (Phi) is 6.70. The number of ether oxygens (including phenoxy) is 3. The third-order valence-electron chi connectivity index (χ3n) is 2.10. The highest BCUT2D eigenvalue weighted by atomic mass is 79.9. The highest BCUT2D eigenvalue weighted by Gasteiger charge is 2.11. The standard InChI is InChI=1S/C12H15BrO5/c1-16-11-7-9(8-15)6-10(13)12(11)18-5-4-17-3-2-14/h6-8,14H,2-5H2,1H3. The molecule has 0 saturated carbocycles. The molecule has 5 nitrogen and oxygen atoms in total. The van der Waals surface area contributed by atoms with Crippen LogP contribution in [-0.2, 0) is 4.74 Å². The lowest BCUT2D eigenvalue weighted by Crippen LogP contribution is -2.10. The Morgan fingerprint density at radius 1 is 1.33 bits per heavy atom. The van der Waals surface area contributed by atoms with Crippen LogP contribution >= 0.6 is 15.9 Å². The van der Waals surface area contributed by atoms with Crippen LogP contribution in [0, 0.1) is 0 Å². The van der Waals surface area contributed by atoms with Crippen molar-refractivity contribution in [1.29, 1.82) is 0 Å². The summed E-state index contributed by atoms with van der Waals surface area (Å²) in [5, 5.41) is 8.54. The number of hydrogen-bond donors (Lipinski definition) is 1. The van der Waals surface area contributed by atoms with Gasteiger partial charge in [0.05, 0.1) is 31.4 Å². The van der Waals surface area contributed by atoms with Crippen molar-refractivity contribution in [2.24, 2.45) is 0 Å². The van der Waals surface area contributed by atoms with Crippen LogP contribution in [0.2, 0.25) is 0 Å². The van der Waals surface area contributed by atoms with Crippen molar-refractivity contribution in [3.05, 3.63) is 22.2 Å². The molecule has 1 rings (SSSR count). The Morgan fingerprint density at radius 2 is 2.11 bits per heavy atom. The summed E-state index contributed by atoms with van der Waals surface area (Å²) in [6.45, 7) is 0.966. The number of rotatable bonds is 8. The minimum Gasteiger partial charge on any atom is -0.493 e. The molecule has 1 aromatic carbocycles. The van der Waals surface area contributed by atoms with Crippen LogP contribution in [0.15, 0.2) is 16.6 Å². The SMILES string of the molecule is COc1cc(C=O)cc(Br)c1OCCOCCO. The molecule has 0 unspecified atom stereocenters. The van der Waals surface area contributed by atoms with Gasteiger partial charge in [-0.15, -0.1) is 0 Å². The maximum atomic E-state index is 10.7. The fourth-order valence-corrected chi connectivity index (χ4v) is 1.89. The van der Waals surface area contributed by atoms with Gasteiger partial charge in [-0.2, -0.15) is 0 Å². The molecule has 0 spiro atoms. The fraction of sp³-hybridized carbons (Fsp3) is 0.417. The second-order valence-corrected chi connectivity index (χ2v) is 4.19. The molecule has 18 heavy (non-hydrogen) atoms. The van der Waals surface area contributed by atoms with Crippen LogP contribution in [-0.4, -0.2) is 44.9 Å². The first-order valence-electron chi connectivity index (χ1n) is 5.37. The Morgan fingerprint density at radius 3 is 2.72 bits per heavy atom. The van der Waals surface area contributed by atoms with Gasteiger partial charge in [0.2, 0.25) is 0 Å². The first-order chi connectivity index (χ1) is 8.72. The molecular formula is C12H15BrO5. The summed E-state index contributed by atoms with van der Waals surface area (Å²) in [5.41, 5.74) is 0.502. The predicted molar refractivity (Wildman–Crippen MR) is 69.5 cm³/mol. The highest BCUT2D eigenvalue weighted by molar-refractivity contribution is 9.10. The fourth-order valence-electron chi connectivity index (χ4n) is 1.32. The molecule has 6 heteroatoms. The van der Waals surface area contributed by atoms with Crippen LogP contribution in [0.1, 0.15) is 10.4 Å². The van der Waals surface area contributed by atoms with Crippen molar-refractivity contribution in [2.45, 2.75) is 0 Å². The zero-order chi connectivity index (χ0) is 13.4. The molecule has 0 amide bonds. The monoisotopic (exact) mass is 318 g/mol. The number of carbonyl (C=O) groups excluding carboxylic acids is 1. The summed E-state index contributed by atoms with van der Waals surface area (Å²) >= 11 is 3.32. The lowest BCUT2D eigenvalue weighted by atomic mass is 10.2. The molecular weight excluding hydrogens is 304 g/mol. The van der Waals surface area contributed by atoms with E-state index in [1.54, 1.807) is 12.1 Å². The molecule has 0 heterocycles. The van der Waals surface area contributed by atoms with Crippen molar-refractivity contribution in [3.8, 4) is 11.5 Å². The number of hydrogen-bond acceptors (Lipinski definition) is 5. The first kappa shape index (κ1) is 14.9. The van der Waals surface area contributed by atoms with Gasteiger partial charge in [-0.1, -0.05) is 0 Å². The number of aliphatic hydroxyl groups is 1. The van der Waals surface area contributed by atoms with Crippen LogP contribution < -0.4 is 9.47 Å². The molecule has 0 bridgehead atoms. The number of carbonyl (C=O) groups is 1. The molecule has 0 radical (unpaired) electrons. The van der Waals surface area contributed by atoms with Crippen LogP contribution in [0.3, 0.4) is 0 Å². The molecule has 0 atom stereocenters. The smallest absolute Gasteiger partial charge is 0.175 e. The molecule has 100 valence electrons. The molecule has 1 N–H and O–H groups in total. The third-order valence-corrected chi connectivity index (χ3v) is 2.69. The van der Waals surface area contributed by atoms with Crippen molar-refractivity contribution in [2.75, 3.05) is 33.5 Å². The van der Waals surface area contributed by atoms with Crippen molar-refractivity contribution in [1.82, 2.24) is 0 Å². The van der Waals surface area contributed by atoms with Crippen molar-refractivity contribution in [3.63, 3.8) is 0 Å². The zero-order valence-electron chi connectivity index (χ0n) is 10.0. The summed E-state index contributed by atoms with van der Waals surface area (Å²) in [7, 11) is 1.51. The lowest BCUT2D eigenvalue weighted by molar-refractivity contribution is 0.0697. The largest absolute Gasteiger partial charge is 0.493 e. The summed E-state index contributed by atoms with van der Waals surface area (Å²) in [6.07, 6.45) is 0.738. The van der Waals surface area contributed by atoms with Gasteiger partial charge in [-0.3, -0.25) is 4.79 Å². The van der Waals surface area contributed by atoms with Gasteiger partial charge in [0, 0.05) is 5.56 Å². The van der Waals surface area contributed by atoms with E-state index >= 15 is 0 Å². The Labute approximate surface area is 114 Å². The Balaban J connectivity index is 2.66. The van der Waals surface area contributed by atoms with E-state index in [2.05, 4.69) is 15.9 Å². The minimum absolute atomic E-state index is 0.0128. The van der Waals surface area contributed by atoms with E-state index in [4.69, 9.17) is 19.3 Å². The summed E-state index contributed by atoms with van der Waals surface area (Å²) < 4.78 is 16.4. The van der Waals surface area contributed by atoms with Gasteiger partial charge in [0.25, 0.3) is 0 Å². The molecule has 0 aliphatic heterocycles. The van der Waals surface area contributed by atoms with Gasteiger partial charge in [0.15, 0.2) is 11.5 Å². The first-order valence-corrected chi connectivity index (χ1v) is 6.16. The second-order valence-electron chi connectivity index (χ2n) is 3.34. The van der Waals surface area contributed by atoms with Gasteiger partial charge in [-0.25, -0.2) is 0 Å². The van der Waals surface area contributed by atoms with Gasteiger partial charge in [-0.05, 0) is 28.1 Å². The van der Waals surface area contributed by atoms with Crippen molar-refractivity contribution >= 4 is 22.2 Å². The number of aldehydes is 1. The van der Waals surface area contributed by atoms with E-state index < -0.39 is 0 Å². The van der Waals surface area contributed by atoms with E-state index in [1.807, 2.05) is 0 Å². The normalized spacial score (nSPS) is 10.2. The number of methoxy groups -OCH3 is 1. The number of benzene rings is 1. The van der Waals surface area contributed by atoms with Crippen LogP contribution in [0.5, 0.6) is 11.5 Å². The highest BCUT2D eigenvalue weighted by Crippen LogP contribution is 2.36. The predicted octanol–water partition coefficient (Wildman–Crippen LogP) is 1.66. The summed E-state index contributed by atoms with van der Waals surface area (Å²) in [4.78, 5) is 10.7. The van der Waals surface area contributed by atoms with Gasteiger partial charge >= 0.3 is 0 Å². The molecule has 1 aromatic rings. The van der Waals surface area contributed by atoms with Gasteiger partial charge in [0.1, 0.15) is 12.9 Å².